The molecule has 1 N–H and O–H groups in total. The van der Waals surface area contributed by atoms with Gasteiger partial charge < -0.3 is 10.1 Å². The van der Waals surface area contributed by atoms with Crippen LogP contribution in [0.2, 0.25) is 0 Å². The molecule has 1 fully saturated rings. The summed E-state index contributed by atoms with van der Waals surface area (Å²) in [5.74, 6) is -0.212. The molecular weight excluding hydrogens is 333 g/mol. The molecule has 21 heavy (non-hydrogen) atoms. The number of rotatable bonds is 4. The Bertz CT molecular complexity index is 500. The first-order chi connectivity index (χ1) is 9.72. The molecule has 2 rings (SSSR count). The topological polar surface area (TPSA) is 21.3 Å². The summed E-state index contributed by atoms with van der Waals surface area (Å²) >= 11 is 3.28. The predicted octanol–water partition coefficient (Wildman–Crippen LogP) is 4.31. The lowest BCUT2D eigenvalue weighted by Gasteiger charge is -2.36. The molecule has 1 aliphatic heterocycles. The van der Waals surface area contributed by atoms with Crippen molar-refractivity contribution < 1.29 is 9.13 Å². The normalized spacial score (nSPS) is 26.3. The lowest BCUT2D eigenvalue weighted by atomic mass is 9.75. The molecule has 0 aromatic heterocycles. The van der Waals surface area contributed by atoms with Crippen molar-refractivity contribution >= 4 is 15.9 Å². The molecule has 0 bridgehead atoms. The van der Waals surface area contributed by atoms with Crippen LogP contribution in [0.15, 0.2) is 22.7 Å². The van der Waals surface area contributed by atoms with Gasteiger partial charge in [0.15, 0.2) is 0 Å². The van der Waals surface area contributed by atoms with E-state index in [0.717, 1.165) is 31.6 Å². The first kappa shape index (κ1) is 16.9. The van der Waals surface area contributed by atoms with Gasteiger partial charge in [-0.1, -0.05) is 6.07 Å². The van der Waals surface area contributed by atoms with Crippen molar-refractivity contribution in [1.82, 2.24) is 5.32 Å². The van der Waals surface area contributed by atoms with E-state index in [4.69, 9.17) is 4.74 Å². The van der Waals surface area contributed by atoms with Gasteiger partial charge in [-0.3, -0.25) is 0 Å². The summed E-state index contributed by atoms with van der Waals surface area (Å²) in [6.07, 6.45) is 2.14. The fourth-order valence-electron chi connectivity index (χ4n) is 2.84. The van der Waals surface area contributed by atoms with Gasteiger partial charge in [0.1, 0.15) is 5.82 Å². The standard InChI is InChI=1S/C17H25BrFNO/c1-12-17(7-8-21-12,11-20-16(2,3)4)10-13-5-6-15(19)14(18)9-13/h5-6,9,12,20H,7-8,10-11H2,1-4H3. The molecule has 1 saturated heterocycles. The fraction of sp³-hybridized carbons (Fsp3) is 0.647. The van der Waals surface area contributed by atoms with Crippen LogP contribution in [0.25, 0.3) is 0 Å². The zero-order valence-corrected chi connectivity index (χ0v) is 14.9. The van der Waals surface area contributed by atoms with Crippen LogP contribution in [0.4, 0.5) is 4.39 Å². The zero-order valence-electron chi connectivity index (χ0n) is 13.3. The van der Waals surface area contributed by atoms with Gasteiger partial charge in [0.05, 0.1) is 10.6 Å². The monoisotopic (exact) mass is 357 g/mol. The van der Waals surface area contributed by atoms with Crippen LogP contribution in [0.3, 0.4) is 0 Å². The largest absolute Gasteiger partial charge is 0.378 e. The van der Waals surface area contributed by atoms with E-state index in [-0.39, 0.29) is 22.9 Å². The van der Waals surface area contributed by atoms with Gasteiger partial charge in [0.2, 0.25) is 0 Å². The summed E-state index contributed by atoms with van der Waals surface area (Å²) in [6.45, 7) is 10.4. The van der Waals surface area contributed by atoms with Crippen molar-refractivity contribution in [2.75, 3.05) is 13.2 Å². The maximum atomic E-state index is 13.4. The van der Waals surface area contributed by atoms with E-state index in [1.165, 1.54) is 6.07 Å². The van der Waals surface area contributed by atoms with Gasteiger partial charge in [-0.05, 0) is 74.2 Å². The molecule has 0 saturated carbocycles. The quantitative estimate of drug-likeness (QED) is 0.866. The van der Waals surface area contributed by atoms with Crippen molar-refractivity contribution in [1.29, 1.82) is 0 Å². The summed E-state index contributed by atoms with van der Waals surface area (Å²) < 4.78 is 19.8. The minimum absolute atomic E-state index is 0.0740. The highest BCUT2D eigenvalue weighted by atomic mass is 79.9. The van der Waals surface area contributed by atoms with E-state index in [0.29, 0.717) is 4.47 Å². The molecule has 0 aliphatic carbocycles. The maximum Gasteiger partial charge on any atom is 0.137 e. The van der Waals surface area contributed by atoms with Crippen LogP contribution in [0.1, 0.15) is 39.7 Å². The smallest absolute Gasteiger partial charge is 0.137 e. The number of halogens is 2. The van der Waals surface area contributed by atoms with Gasteiger partial charge in [-0.15, -0.1) is 0 Å². The molecule has 4 heteroatoms. The second-order valence-electron chi connectivity index (χ2n) is 7.15. The Balaban J connectivity index is 2.18. The predicted molar refractivity (Wildman–Crippen MR) is 88.0 cm³/mol. The third-order valence-electron chi connectivity index (χ3n) is 4.34. The maximum absolute atomic E-state index is 13.4. The van der Waals surface area contributed by atoms with Crippen LogP contribution >= 0.6 is 15.9 Å². The number of ether oxygens (including phenoxy) is 1. The number of nitrogens with one attached hydrogen (secondary N) is 1. The average Bonchev–Trinajstić information content (AvgIpc) is 2.73. The van der Waals surface area contributed by atoms with E-state index in [1.807, 2.05) is 12.1 Å². The average molecular weight is 358 g/mol. The molecule has 2 unspecified atom stereocenters. The summed E-state index contributed by atoms with van der Waals surface area (Å²) in [5.41, 5.74) is 1.31. The molecule has 2 nitrogen and oxygen atoms in total. The van der Waals surface area contributed by atoms with Gasteiger partial charge in [-0.2, -0.15) is 0 Å². The summed E-state index contributed by atoms with van der Waals surface area (Å²) in [4.78, 5) is 0. The van der Waals surface area contributed by atoms with Crippen molar-refractivity contribution in [3.8, 4) is 0 Å². The van der Waals surface area contributed by atoms with Crippen molar-refractivity contribution in [2.45, 2.75) is 52.2 Å². The van der Waals surface area contributed by atoms with E-state index in [1.54, 1.807) is 0 Å². The van der Waals surface area contributed by atoms with Crippen molar-refractivity contribution in [3.05, 3.63) is 34.1 Å². The molecule has 0 radical (unpaired) electrons. The minimum Gasteiger partial charge on any atom is -0.378 e. The van der Waals surface area contributed by atoms with Crippen LogP contribution in [-0.2, 0) is 11.2 Å². The third kappa shape index (κ3) is 4.27. The molecular formula is C17H25BrFNO. The van der Waals surface area contributed by atoms with E-state index in [2.05, 4.69) is 48.9 Å². The van der Waals surface area contributed by atoms with Crippen LogP contribution < -0.4 is 5.32 Å². The number of benzene rings is 1. The molecule has 0 spiro atoms. The summed E-state index contributed by atoms with van der Waals surface area (Å²) in [6, 6.07) is 5.30. The summed E-state index contributed by atoms with van der Waals surface area (Å²) in [5, 5.41) is 3.62. The Morgan fingerprint density at radius 3 is 2.67 bits per heavy atom. The highest BCUT2D eigenvalue weighted by Gasteiger charge is 2.41. The van der Waals surface area contributed by atoms with Gasteiger partial charge in [0.25, 0.3) is 0 Å². The molecule has 1 aliphatic rings. The highest BCUT2D eigenvalue weighted by molar-refractivity contribution is 9.10. The van der Waals surface area contributed by atoms with Gasteiger partial charge in [-0.25, -0.2) is 4.39 Å². The Morgan fingerprint density at radius 1 is 1.43 bits per heavy atom. The van der Waals surface area contributed by atoms with Gasteiger partial charge in [0, 0.05) is 24.1 Å². The molecule has 0 amide bonds. The van der Waals surface area contributed by atoms with Gasteiger partial charge >= 0.3 is 0 Å². The molecule has 1 aromatic carbocycles. The second kappa shape index (κ2) is 6.35. The number of hydrogen-bond donors (Lipinski definition) is 1. The Kier molecular flexibility index (Phi) is 5.11. The second-order valence-corrected chi connectivity index (χ2v) is 8.01. The molecule has 1 aromatic rings. The minimum atomic E-state index is -0.212. The zero-order chi connectivity index (χ0) is 15.7. The van der Waals surface area contributed by atoms with Crippen LogP contribution in [0.5, 0.6) is 0 Å². The van der Waals surface area contributed by atoms with Crippen LogP contribution in [0, 0.1) is 11.2 Å². The first-order valence-corrected chi connectivity index (χ1v) is 8.32. The summed E-state index contributed by atoms with van der Waals surface area (Å²) in [7, 11) is 0. The molecule has 2 atom stereocenters. The Morgan fingerprint density at radius 2 is 2.14 bits per heavy atom. The van der Waals surface area contributed by atoms with Crippen molar-refractivity contribution in [3.63, 3.8) is 0 Å². The molecule has 118 valence electrons. The Labute approximate surface area is 135 Å². The van der Waals surface area contributed by atoms with E-state index < -0.39 is 0 Å². The van der Waals surface area contributed by atoms with Crippen molar-refractivity contribution in [2.24, 2.45) is 5.41 Å². The lowest BCUT2D eigenvalue weighted by Crippen LogP contribution is -2.47. The third-order valence-corrected chi connectivity index (χ3v) is 4.95. The lowest BCUT2D eigenvalue weighted by molar-refractivity contribution is 0.0597. The Hall–Kier alpha value is -0.450. The number of hydrogen-bond acceptors (Lipinski definition) is 2. The fourth-order valence-corrected chi connectivity index (χ4v) is 3.27. The van der Waals surface area contributed by atoms with Crippen LogP contribution in [-0.4, -0.2) is 24.8 Å². The highest BCUT2D eigenvalue weighted by Crippen LogP contribution is 2.38. The van der Waals surface area contributed by atoms with E-state index in [9.17, 15) is 4.39 Å². The van der Waals surface area contributed by atoms with E-state index >= 15 is 0 Å². The SMILES string of the molecule is CC1OCCC1(CNC(C)(C)C)Cc1ccc(F)c(Br)c1. The first-order valence-electron chi connectivity index (χ1n) is 7.52. The molecule has 1 heterocycles.